The maximum Gasteiger partial charge on any atom is 0.450 e. The number of anilines is 1. The van der Waals surface area contributed by atoms with Crippen molar-refractivity contribution in [1.29, 1.82) is 0 Å². The fraction of sp³-hybridized carbons (Fsp3) is 0.120. The van der Waals surface area contributed by atoms with Crippen molar-refractivity contribution >= 4 is 39.4 Å². The zero-order chi connectivity index (χ0) is 23.6. The topological polar surface area (TPSA) is 46.2 Å². The van der Waals surface area contributed by atoms with Crippen molar-refractivity contribution in [2.75, 3.05) is 5.32 Å². The molecule has 0 saturated carbocycles. The molecule has 0 amide bonds. The van der Waals surface area contributed by atoms with E-state index < -0.39 is 35.5 Å². The van der Waals surface area contributed by atoms with Crippen LogP contribution in [0.25, 0.3) is 10.8 Å². The van der Waals surface area contributed by atoms with Crippen molar-refractivity contribution in [1.82, 2.24) is 0 Å². The van der Waals surface area contributed by atoms with E-state index in [2.05, 4.69) is 5.32 Å². The summed E-state index contributed by atoms with van der Waals surface area (Å²) in [6.45, 7) is 0. The van der Waals surface area contributed by atoms with Crippen LogP contribution in [0.1, 0.15) is 21.3 Å². The molecule has 4 aromatic rings. The molecule has 33 heavy (non-hydrogen) atoms. The largest absolute Gasteiger partial charge is 0.450 e. The van der Waals surface area contributed by atoms with Crippen molar-refractivity contribution in [3.05, 3.63) is 101 Å². The molecule has 1 N–H and O–H groups in total. The second-order valence-electron chi connectivity index (χ2n) is 7.42. The van der Waals surface area contributed by atoms with Crippen LogP contribution in [-0.2, 0) is 4.79 Å². The third-order valence-corrected chi connectivity index (χ3v) is 6.13. The summed E-state index contributed by atoms with van der Waals surface area (Å²) in [5, 5.41) is 6.23. The molecule has 168 valence electrons. The minimum absolute atomic E-state index is 0.0324. The summed E-state index contributed by atoms with van der Waals surface area (Å²) < 4.78 is 54.4. The lowest BCUT2D eigenvalue weighted by atomic mass is 9.84. The van der Waals surface area contributed by atoms with Crippen molar-refractivity contribution < 1.29 is 27.2 Å². The third-order valence-electron chi connectivity index (χ3n) is 5.24. The van der Waals surface area contributed by atoms with Crippen molar-refractivity contribution in [3.63, 3.8) is 0 Å². The zero-order valence-corrected chi connectivity index (χ0v) is 17.8. The molecular weight excluding hydrogens is 454 g/mol. The average molecular weight is 471 g/mol. The molecule has 3 nitrogen and oxygen atoms in total. The predicted molar refractivity (Wildman–Crippen MR) is 120 cm³/mol. The van der Waals surface area contributed by atoms with Gasteiger partial charge in [-0.15, -0.1) is 11.3 Å². The van der Waals surface area contributed by atoms with Gasteiger partial charge in [-0.1, -0.05) is 48.5 Å². The molecule has 0 aliphatic rings. The normalized spacial score (nSPS) is 13.5. The Morgan fingerprint density at radius 3 is 2.18 bits per heavy atom. The highest BCUT2D eigenvalue weighted by Crippen LogP contribution is 2.36. The Morgan fingerprint density at radius 1 is 0.848 bits per heavy atom. The number of Topliss-reactive ketones (excluding diaryl/α,β-unsaturated/α-hetero) is 2. The van der Waals surface area contributed by atoms with E-state index in [1.54, 1.807) is 23.6 Å². The Kier molecular flexibility index (Phi) is 6.29. The molecule has 0 unspecified atom stereocenters. The monoisotopic (exact) mass is 471 g/mol. The smallest absolute Gasteiger partial charge is 0.377 e. The van der Waals surface area contributed by atoms with E-state index in [1.165, 1.54) is 24.3 Å². The van der Waals surface area contributed by atoms with Gasteiger partial charge in [-0.25, -0.2) is 4.39 Å². The Balaban J connectivity index is 1.83. The van der Waals surface area contributed by atoms with E-state index in [9.17, 15) is 27.2 Å². The van der Waals surface area contributed by atoms with E-state index in [1.807, 2.05) is 24.3 Å². The molecule has 1 aromatic heterocycles. The quantitative estimate of drug-likeness (QED) is 0.183. The number of rotatable bonds is 7. The fourth-order valence-electron chi connectivity index (χ4n) is 3.66. The first-order valence-corrected chi connectivity index (χ1v) is 10.8. The van der Waals surface area contributed by atoms with E-state index in [-0.39, 0.29) is 10.4 Å². The lowest BCUT2D eigenvalue weighted by molar-refractivity contribution is -0.174. The van der Waals surface area contributed by atoms with Gasteiger partial charge in [0.2, 0.25) is 5.78 Å². The molecule has 3 aromatic carbocycles. The van der Waals surface area contributed by atoms with Gasteiger partial charge in [0.05, 0.1) is 10.9 Å². The molecular formula is C25H17F4NO2S. The molecule has 0 aliphatic carbocycles. The first kappa shape index (κ1) is 22.7. The van der Waals surface area contributed by atoms with Crippen LogP contribution in [0.5, 0.6) is 0 Å². The molecule has 2 atom stereocenters. The second-order valence-corrected chi connectivity index (χ2v) is 8.36. The van der Waals surface area contributed by atoms with Crippen LogP contribution >= 0.6 is 11.3 Å². The first-order chi connectivity index (χ1) is 15.7. The van der Waals surface area contributed by atoms with Crippen LogP contribution in [0.4, 0.5) is 23.2 Å². The van der Waals surface area contributed by atoms with Gasteiger partial charge in [-0.2, -0.15) is 13.2 Å². The standard InChI is InChI=1S/C25H17F4NO2S/c26-18-10-7-16(8-11-18)22(30-19-12-9-15-4-1-2-5-17(15)14-19)21(24(32)25(27,28)29)23(31)20-6-3-13-33-20/h1-14,21-22,30H/t21-,22+/m0/s1. The number of halogens is 4. The Labute approximate surface area is 190 Å². The van der Waals surface area contributed by atoms with Crippen LogP contribution in [0, 0.1) is 11.7 Å². The zero-order valence-electron chi connectivity index (χ0n) is 17.0. The van der Waals surface area contributed by atoms with Gasteiger partial charge in [-0.3, -0.25) is 9.59 Å². The second kappa shape index (κ2) is 9.15. The van der Waals surface area contributed by atoms with Gasteiger partial charge in [-0.05, 0) is 52.0 Å². The molecule has 1 heterocycles. The molecule has 0 bridgehead atoms. The number of hydrogen-bond acceptors (Lipinski definition) is 4. The van der Waals surface area contributed by atoms with Crippen molar-refractivity contribution in [3.8, 4) is 0 Å². The Morgan fingerprint density at radius 2 is 1.55 bits per heavy atom. The molecule has 0 fully saturated rings. The maximum absolute atomic E-state index is 13.6. The Hall–Kier alpha value is -3.52. The summed E-state index contributed by atoms with van der Waals surface area (Å²) in [4.78, 5) is 25.7. The first-order valence-electron chi connectivity index (χ1n) is 9.93. The highest BCUT2D eigenvalue weighted by molar-refractivity contribution is 7.12. The summed E-state index contributed by atoms with van der Waals surface area (Å²) in [6, 6.07) is 18.8. The Bertz CT molecular complexity index is 1280. The minimum atomic E-state index is -5.24. The number of thiophene rings is 1. The third kappa shape index (κ3) is 4.96. The van der Waals surface area contributed by atoms with Crippen molar-refractivity contribution in [2.45, 2.75) is 12.2 Å². The predicted octanol–water partition coefficient (Wildman–Crippen LogP) is 6.82. The van der Waals surface area contributed by atoms with Gasteiger partial charge < -0.3 is 5.32 Å². The average Bonchev–Trinajstić information content (AvgIpc) is 3.33. The van der Waals surface area contributed by atoms with Gasteiger partial charge in [0.1, 0.15) is 11.7 Å². The highest BCUT2D eigenvalue weighted by Gasteiger charge is 2.50. The van der Waals surface area contributed by atoms with Crippen LogP contribution in [0.3, 0.4) is 0 Å². The SMILES string of the molecule is O=C(c1cccs1)[C@@H](C(=O)C(F)(F)F)[C@H](Nc1ccc2ccccc2c1)c1ccc(F)cc1. The molecule has 0 spiro atoms. The number of ketones is 2. The fourth-order valence-corrected chi connectivity index (χ4v) is 4.36. The molecule has 4 rings (SSSR count). The van der Waals surface area contributed by atoms with E-state index >= 15 is 0 Å². The molecule has 0 saturated heterocycles. The number of fused-ring (bicyclic) bond motifs is 1. The number of hydrogen-bond donors (Lipinski definition) is 1. The maximum atomic E-state index is 13.6. The van der Waals surface area contributed by atoms with E-state index in [0.29, 0.717) is 5.69 Å². The highest BCUT2D eigenvalue weighted by atomic mass is 32.1. The molecule has 0 radical (unpaired) electrons. The summed E-state index contributed by atoms with van der Waals surface area (Å²) in [5.41, 5.74) is 0.596. The van der Waals surface area contributed by atoms with Gasteiger partial charge >= 0.3 is 6.18 Å². The summed E-state index contributed by atoms with van der Waals surface area (Å²) >= 11 is 0.954. The van der Waals surface area contributed by atoms with E-state index in [0.717, 1.165) is 34.2 Å². The van der Waals surface area contributed by atoms with Crippen LogP contribution in [-0.4, -0.2) is 17.7 Å². The number of benzene rings is 3. The van der Waals surface area contributed by atoms with Crippen LogP contribution < -0.4 is 5.32 Å². The summed E-state index contributed by atoms with van der Waals surface area (Å²) in [5.74, 6) is -5.80. The van der Waals surface area contributed by atoms with Gasteiger partial charge in [0.15, 0.2) is 5.78 Å². The lowest BCUT2D eigenvalue weighted by Gasteiger charge is -2.28. The van der Waals surface area contributed by atoms with E-state index in [4.69, 9.17) is 0 Å². The summed E-state index contributed by atoms with van der Waals surface area (Å²) in [6.07, 6.45) is -5.24. The number of carbonyl (C=O) groups is 2. The molecule has 8 heteroatoms. The van der Waals surface area contributed by atoms with Crippen LogP contribution in [0.2, 0.25) is 0 Å². The number of carbonyl (C=O) groups excluding carboxylic acids is 2. The van der Waals surface area contributed by atoms with Crippen molar-refractivity contribution in [2.24, 2.45) is 5.92 Å². The number of alkyl halides is 3. The van der Waals surface area contributed by atoms with Crippen LogP contribution in [0.15, 0.2) is 84.2 Å². The van der Waals surface area contributed by atoms with Gasteiger partial charge in [0, 0.05) is 5.69 Å². The minimum Gasteiger partial charge on any atom is -0.377 e. The lowest BCUT2D eigenvalue weighted by Crippen LogP contribution is -2.41. The number of nitrogens with one attached hydrogen (secondary N) is 1. The molecule has 0 aliphatic heterocycles. The summed E-state index contributed by atoms with van der Waals surface area (Å²) in [7, 11) is 0. The van der Waals surface area contributed by atoms with Gasteiger partial charge in [0.25, 0.3) is 0 Å².